The molecule has 46 heavy (non-hydrogen) atoms. The number of alkyl halides is 1. The molecular formula is C34H39F3N6O3. The molecule has 2 N–H and O–H groups in total. The SMILES string of the molecule is CCc1c(F)ccc(=C/CO)/c1=C(\C)c1nc2c3c(nc(OC[C@@]45CCCN4C[C@H](F)C5)nc3c1F)N1C[C@@H]3CC[C@@H](N3)[C@H]1CO2. The van der Waals surface area contributed by atoms with E-state index in [4.69, 9.17) is 19.4 Å². The Kier molecular flexibility index (Phi) is 7.37. The summed E-state index contributed by atoms with van der Waals surface area (Å²) in [5.41, 5.74) is 0.394. The van der Waals surface area contributed by atoms with Gasteiger partial charge in [0.05, 0.1) is 18.2 Å². The van der Waals surface area contributed by atoms with Crippen molar-refractivity contribution in [3.63, 3.8) is 0 Å². The smallest absolute Gasteiger partial charge is 0.319 e. The van der Waals surface area contributed by atoms with Crippen molar-refractivity contribution < 1.29 is 27.8 Å². The highest BCUT2D eigenvalue weighted by Crippen LogP contribution is 2.43. The van der Waals surface area contributed by atoms with Crippen LogP contribution in [0.4, 0.5) is 19.0 Å². The number of nitrogens with one attached hydrogen (secondary N) is 1. The van der Waals surface area contributed by atoms with Crippen LogP contribution in [0.3, 0.4) is 0 Å². The Bertz CT molecular complexity index is 1840. The standard InChI is InChI=1S/C34H39F3N6O3/c1-3-22-23(36)7-5-19(9-12-44)26(22)18(2)29-28(37)30-27-31(43-15-21-6-8-24(38-21)25(43)16-45-32(27)39-29)41-33(40-30)46-17-34-10-4-11-42(34)14-20(35)13-34/h5,7,9,20-21,24-25,38,44H,3-4,6,8,10-17H2,1-2H3/b19-9-,26-18-/t20-,21+,24-,25-,34+/m1/s1. The van der Waals surface area contributed by atoms with E-state index in [0.717, 1.165) is 32.2 Å². The van der Waals surface area contributed by atoms with Gasteiger partial charge in [0, 0.05) is 31.6 Å². The minimum atomic E-state index is -0.906. The number of benzene rings is 1. The van der Waals surface area contributed by atoms with E-state index in [-0.39, 0.29) is 54.4 Å². The quantitative estimate of drug-likeness (QED) is 0.424. The molecule has 12 heteroatoms. The van der Waals surface area contributed by atoms with Crippen LogP contribution >= 0.6 is 0 Å². The molecule has 7 heterocycles. The van der Waals surface area contributed by atoms with Gasteiger partial charge in [0.15, 0.2) is 5.82 Å². The van der Waals surface area contributed by atoms with Crippen LogP contribution in [0.5, 0.6) is 11.9 Å². The van der Waals surface area contributed by atoms with E-state index < -0.39 is 23.3 Å². The topological polar surface area (TPSA) is 95.9 Å². The highest BCUT2D eigenvalue weighted by atomic mass is 19.1. The molecule has 5 atom stereocenters. The third-order valence-corrected chi connectivity index (χ3v) is 10.8. The zero-order valence-electron chi connectivity index (χ0n) is 26.2. The van der Waals surface area contributed by atoms with Crippen LogP contribution in [0.25, 0.3) is 22.6 Å². The minimum Gasteiger partial charge on any atom is -0.475 e. The van der Waals surface area contributed by atoms with E-state index in [2.05, 4.69) is 20.1 Å². The Morgan fingerprint density at radius 3 is 2.91 bits per heavy atom. The normalized spacial score (nSPS) is 29.5. The number of ether oxygens (including phenoxy) is 2. The predicted octanol–water partition coefficient (Wildman–Crippen LogP) is 2.51. The molecule has 9 nitrogen and oxygen atoms in total. The zero-order chi connectivity index (χ0) is 31.7. The Morgan fingerprint density at radius 1 is 1.22 bits per heavy atom. The van der Waals surface area contributed by atoms with E-state index in [0.29, 0.717) is 65.3 Å². The molecule has 244 valence electrons. The van der Waals surface area contributed by atoms with Crippen molar-refractivity contribution in [3.05, 3.63) is 45.5 Å². The number of halogens is 3. The summed E-state index contributed by atoms with van der Waals surface area (Å²) in [5.74, 6) is -0.353. The molecule has 5 aliphatic rings. The van der Waals surface area contributed by atoms with Gasteiger partial charge in [-0.3, -0.25) is 4.90 Å². The monoisotopic (exact) mass is 636 g/mol. The third-order valence-electron chi connectivity index (χ3n) is 10.8. The van der Waals surface area contributed by atoms with Gasteiger partial charge in [-0.2, -0.15) is 9.97 Å². The summed E-state index contributed by atoms with van der Waals surface area (Å²) >= 11 is 0. The van der Waals surface area contributed by atoms with Gasteiger partial charge in [-0.25, -0.2) is 18.2 Å². The maximum atomic E-state index is 17.0. The number of aliphatic hydroxyl groups is 1. The summed E-state index contributed by atoms with van der Waals surface area (Å²) < 4.78 is 59.2. The lowest BCUT2D eigenvalue weighted by Crippen LogP contribution is -2.60. The number of rotatable bonds is 6. The van der Waals surface area contributed by atoms with E-state index in [1.807, 2.05) is 6.92 Å². The van der Waals surface area contributed by atoms with Crippen molar-refractivity contribution in [3.8, 4) is 11.9 Å². The number of aromatic nitrogens is 3. The van der Waals surface area contributed by atoms with Gasteiger partial charge >= 0.3 is 6.01 Å². The third kappa shape index (κ3) is 4.66. The van der Waals surface area contributed by atoms with Crippen LogP contribution in [-0.2, 0) is 6.42 Å². The first kappa shape index (κ1) is 29.9. The summed E-state index contributed by atoms with van der Waals surface area (Å²) in [4.78, 5) is 18.6. The lowest BCUT2D eigenvalue weighted by Gasteiger charge is -2.40. The molecule has 0 aliphatic carbocycles. The molecule has 0 amide bonds. The van der Waals surface area contributed by atoms with E-state index in [9.17, 15) is 9.50 Å². The number of anilines is 1. The number of fused-ring (bicyclic) bond motifs is 6. The second-order valence-corrected chi connectivity index (χ2v) is 13.4. The minimum absolute atomic E-state index is 0.0119. The summed E-state index contributed by atoms with van der Waals surface area (Å²) in [5, 5.41) is 14.9. The summed E-state index contributed by atoms with van der Waals surface area (Å²) in [6.45, 7) is 5.71. The molecule has 1 aromatic carbocycles. The van der Waals surface area contributed by atoms with Crippen LogP contribution < -0.4 is 30.1 Å². The number of hydrogen-bond acceptors (Lipinski definition) is 9. The number of nitrogens with zero attached hydrogens (tertiary/aromatic N) is 5. The molecule has 4 fully saturated rings. The van der Waals surface area contributed by atoms with Crippen LogP contribution in [0.1, 0.15) is 57.2 Å². The van der Waals surface area contributed by atoms with E-state index >= 15 is 8.78 Å². The summed E-state index contributed by atoms with van der Waals surface area (Å²) in [6, 6.07) is 3.38. The highest BCUT2D eigenvalue weighted by molar-refractivity contribution is 5.96. The van der Waals surface area contributed by atoms with Crippen molar-refractivity contribution >= 4 is 28.4 Å². The van der Waals surface area contributed by atoms with Crippen LogP contribution in [0, 0.1) is 11.6 Å². The molecule has 8 rings (SSSR count). The molecule has 5 aliphatic heterocycles. The average molecular weight is 637 g/mol. The molecule has 0 spiro atoms. The van der Waals surface area contributed by atoms with Crippen molar-refractivity contribution in [2.75, 3.05) is 44.4 Å². The van der Waals surface area contributed by atoms with Crippen LogP contribution in [-0.4, -0.2) is 94.2 Å². The van der Waals surface area contributed by atoms with Crippen molar-refractivity contribution in [2.45, 2.75) is 82.2 Å². The molecule has 2 bridgehead atoms. The van der Waals surface area contributed by atoms with Gasteiger partial charge in [-0.15, -0.1) is 0 Å². The first-order valence-electron chi connectivity index (χ1n) is 16.5. The fraction of sp³-hybridized carbons (Fsp3) is 0.559. The molecule has 0 saturated carbocycles. The molecule has 4 saturated heterocycles. The largest absolute Gasteiger partial charge is 0.475 e. The molecule has 0 radical (unpaired) electrons. The average Bonchev–Trinajstić information content (AvgIpc) is 3.68. The maximum absolute atomic E-state index is 17.0. The Hall–Kier alpha value is -3.48. The lowest BCUT2D eigenvalue weighted by atomic mass is 9.95. The maximum Gasteiger partial charge on any atom is 0.319 e. The first-order chi connectivity index (χ1) is 22.3. The predicted molar refractivity (Wildman–Crippen MR) is 167 cm³/mol. The lowest BCUT2D eigenvalue weighted by molar-refractivity contribution is 0.107. The Morgan fingerprint density at radius 2 is 2.09 bits per heavy atom. The van der Waals surface area contributed by atoms with Crippen LogP contribution in [0.15, 0.2) is 12.1 Å². The van der Waals surface area contributed by atoms with Crippen molar-refractivity contribution in [2.24, 2.45) is 0 Å². The van der Waals surface area contributed by atoms with Gasteiger partial charge in [0.25, 0.3) is 0 Å². The van der Waals surface area contributed by atoms with Gasteiger partial charge in [-0.1, -0.05) is 19.1 Å². The molecule has 3 aromatic rings. The zero-order valence-corrected chi connectivity index (χ0v) is 26.2. The summed E-state index contributed by atoms with van der Waals surface area (Å²) in [7, 11) is 0. The van der Waals surface area contributed by atoms with E-state index in [1.165, 1.54) is 6.07 Å². The number of aliphatic hydroxyl groups excluding tert-OH is 1. The Balaban J connectivity index is 1.32. The highest BCUT2D eigenvalue weighted by Gasteiger charge is 2.50. The van der Waals surface area contributed by atoms with Gasteiger partial charge in [-0.05, 0) is 73.2 Å². The first-order valence-corrected chi connectivity index (χ1v) is 16.5. The molecular weight excluding hydrogens is 597 g/mol. The van der Waals surface area contributed by atoms with Gasteiger partial charge < -0.3 is 24.8 Å². The summed E-state index contributed by atoms with van der Waals surface area (Å²) in [6.07, 6.45) is 5.25. The van der Waals surface area contributed by atoms with Crippen molar-refractivity contribution in [1.82, 2.24) is 25.2 Å². The van der Waals surface area contributed by atoms with Gasteiger partial charge in [0.1, 0.15) is 47.6 Å². The number of hydrogen-bond donors (Lipinski definition) is 2. The number of piperazine rings is 1. The molecule has 0 unspecified atom stereocenters. The van der Waals surface area contributed by atoms with Crippen molar-refractivity contribution in [1.29, 1.82) is 0 Å². The fourth-order valence-corrected chi connectivity index (χ4v) is 8.69. The van der Waals surface area contributed by atoms with Crippen LogP contribution in [0.2, 0.25) is 0 Å². The fourth-order valence-electron chi connectivity index (χ4n) is 8.69. The van der Waals surface area contributed by atoms with E-state index in [1.54, 1.807) is 19.1 Å². The Labute approximate surface area is 265 Å². The second-order valence-electron chi connectivity index (χ2n) is 13.4. The number of pyridine rings is 1. The molecule has 2 aromatic heterocycles. The second kappa shape index (κ2) is 11.3. The van der Waals surface area contributed by atoms with Gasteiger partial charge in [0.2, 0.25) is 5.88 Å².